The van der Waals surface area contributed by atoms with Crippen molar-refractivity contribution < 1.29 is 0 Å². The molecule has 0 atom stereocenters. The second kappa shape index (κ2) is 2.82. The number of hydrogen-bond donors (Lipinski definition) is 1. The van der Waals surface area contributed by atoms with Crippen molar-refractivity contribution in [3.8, 4) is 0 Å². The highest BCUT2D eigenvalue weighted by Crippen LogP contribution is 2.30. The van der Waals surface area contributed by atoms with Crippen molar-refractivity contribution in [2.75, 3.05) is 0 Å². The Hall–Kier alpha value is -0.970. The molecule has 1 heterocycles. The van der Waals surface area contributed by atoms with E-state index in [9.17, 15) is 0 Å². The van der Waals surface area contributed by atoms with Gasteiger partial charge in [-0.15, -0.1) is 5.10 Å². The van der Waals surface area contributed by atoms with Crippen molar-refractivity contribution >= 4 is 17.2 Å². The van der Waals surface area contributed by atoms with E-state index in [0.29, 0.717) is 10.7 Å². The first-order valence-electron chi connectivity index (χ1n) is 3.95. The molecule has 12 heavy (non-hydrogen) atoms. The van der Waals surface area contributed by atoms with Crippen LogP contribution in [0.25, 0.3) is 0 Å². The maximum absolute atomic E-state index is 5.39. The molecule has 2 rings (SSSR count). The van der Waals surface area contributed by atoms with E-state index in [1.807, 2.05) is 4.68 Å². The number of nitrogens with two attached hydrogens (primary N) is 1. The lowest BCUT2D eigenvalue weighted by Gasteiger charge is -1.93. The van der Waals surface area contributed by atoms with Crippen LogP contribution < -0.4 is 5.73 Å². The molecule has 1 aromatic heterocycles. The summed E-state index contributed by atoms with van der Waals surface area (Å²) in [7, 11) is 0. The molecule has 0 radical (unpaired) electrons. The molecule has 1 fully saturated rings. The predicted molar refractivity (Wildman–Crippen MR) is 48.6 cm³/mol. The molecular formula is C7H10N4S. The maximum Gasteiger partial charge on any atom is 0.139 e. The van der Waals surface area contributed by atoms with Gasteiger partial charge in [0.15, 0.2) is 0 Å². The minimum atomic E-state index is 0.317. The van der Waals surface area contributed by atoms with E-state index in [-0.39, 0.29) is 0 Å². The third kappa shape index (κ3) is 1.61. The highest BCUT2D eigenvalue weighted by Gasteiger charge is 2.22. The first-order valence-corrected chi connectivity index (χ1v) is 4.36. The lowest BCUT2D eigenvalue weighted by molar-refractivity contribution is 0.544. The Morgan fingerprint density at radius 1 is 1.75 bits per heavy atom. The van der Waals surface area contributed by atoms with Gasteiger partial charge in [0.05, 0.1) is 6.20 Å². The van der Waals surface area contributed by atoms with Crippen LogP contribution in [0, 0.1) is 5.92 Å². The van der Waals surface area contributed by atoms with Gasteiger partial charge in [0.2, 0.25) is 0 Å². The van der Waals surface area contributed by atoms with Crippen LogP contribution in [0.4, 0.5) is 0 Å². The van der Waals surface area contributed by atoms with Crippen LogP contribution in [0.5, 0.6) is 0 Å². The Labute approximate surface area is 75.7 Å². The van der Waals surface area contributed by atoms with Gasteiger partial charge in [-0.2, -0.15) is 0 Å². The molecule has 0 amide bonds. The van der Waals surface area contributed by atoms with Crippen molar-refractivity contribution in [3.05, 3.63) is 11.9 Å². The van der Waals surface area contributed by atoms with Crippen LogP contribution >= 0.6 is 12.2 Å². The molecule has 1 aromatic rings. The summed E-state index contributed by atoms with van der Waals surface area (Å²) in [6.07, 6.45) is 4.42. The molecule has 0 spiro atoms. The highest BCUT2D eigenvalue weighted by molar-refractivity contribution is 7.80. The van der Waals surface area contributed by atoms with E-state index < -0.39 is 0 Å². The lowest BCUT2D eigenvalue weighted by atomic mass is 10.4. The predicted octanol–water partition coefficient (Wildman–Crippen LogP) is 0.322. The van der Waals surface area contributed by atoms with Crippen LogP contribution in [0.3, 0.4) is 0 Å². The molecule has 5 heteroatoms. The van der Waals surface area contributed by atoms with Gasteiger partial charge in [0.25, 0.3) is 0 Å². The molecule has 0 bridgehead atoms. The van der Waals surface area contributed by atoms with Crippen molar-refractivity contribution in [2.45, 2.75) is 19.4 Å². The van der Waals surface area contributed by atoms with Crippen molar-refractivity contribution in [2.24, 2.45) is 11.7 Å². The van der Waals surface area contributed by atoms with Crippen LogP contribution in [0.2, 0.25) is 0 Å². The van der Waals surface area contributed by atoms with Gasteiger partial charge in [-0.1, -0.05) is 17.4 Å². The minimum Gasteiger partial charge on any atom is -0.388 e. The molecule has 2 N–H and O–H groups in total. The van der Waals surface area contributed by atoms with Crippen LogP contribution in [0.15, 0.2) is 6.20 Å². The fourth-order valence-corrected chi connectivity index (χ4v) is 1.16. The number of nitrogens with zero attached hydrogens (tertiary/aromatic N) is 3. The third-order valence-corrected chi connectivity index (χ3v) is 2.14. The zero-order chi connectivity index (χ0) is 8.55. The van der Waals surface area contributed by atoms with Gasteiger partial charge in [-0.05, 0) is 18.8 Å². The SMILES string of the molecule is NC(=S)c1cn(CC2CC2)nn1. The van der Waals surface area contributed by atoms with Gasteiger partial charge in [-0.25, -0.2) is 0 Å². The number of hydrogen-bond acceptors (Lipinski definition) is 3. The average Bonchev–Trinajstić information content (AvgIpc) is 2.66. The summed E-state index contributed by atoms with van der Waals surface area (Å²) in [5.74, 6) is 0.797. The Bertz CT molecular complexity index is 302. The number of aromatic nitrogens is 3. The van der Waals surface area contributed by atoms with E-state index in [1.54, 1.807) is 6.20 Å². The smallest absolute Gasteiger partial charge is 0.139 e. The first-order chi connectivity index (χ1) is 5.75. The Morgan fingerprint density at radius 3 is 3.00 bits per heavy atom. The Kier molecular flexibility index (Phi) is 1.80. The second-order valence-corrected chi connectivity index (χ2v) is 3.57. The summed E-state index contributed by atoms with van der Waals surface area (Å²) in [6.45, 7) is 0.954. The largest absolute Gasteiger partial charge is 0.388 e. The van der Waals surface area contributed by atoms with Gasteiger partial charge in [-0.3, -0.25) is 4.68 Å². The molecule has 0 aromatic carbocycles. The molecule has 1 aliphatic carbocycles. The summed E-state index contributed by atoms with van der Waals surface area (Å²) in [5.41, 5.74) is 6.01. The summed E-state index contributed by atoms with van der Waals surface area (Å²) < 4.78 is 1.81. The molecule has 1 aliphatic rings. The third-order valence-electron chi connectivity index (χ3n) is 1.93. The number of thiocarbonyl (C=S) groups is 1. The molecule has 0 unspecified atom stereocenters. The fourth-order valence-electron chi connectivity index (χ4n) is 1.07. The Balaban J connectivity index is 2.06. The quantitative estimate of drug-likeness (QED) is 0.684. The van der Waals surface area contributed by atoms with Crippen LogP contribution in [-0.2, 0) is 6.54 Å². The van der Waals surface area contributed by atoms with E-state index in [4.69, 9.17) is 18.0 Å². The molecule has 0 saturated heterocycles. The van der Waals surface area contributed by atoms with E-state index in [0.717, 1.165) is 12.5 Å². The minimum absolute atomic E-state index is 0.317. The van der Waals surface area contributed by atoms with Crippen molar-refractivity contribution in [3.63, 3.8) is 0 Å². The highest BCUT2D eigenvalue weighted by atomic mass is 32.1. The standard InChI is InChI=1S/C7H10N4S/c8-7(12)6-4-11(10-9-6)3-5-1-2-5/h4-5H,1-3H2,(H2,8,12). The van der Waals surface area contributed by atoms with Crippen LogP contribution in [0.1, 0.15) is 18.5 Å². The summed E-state index contributed by atoms with van der Waals surface area (Å²) in [6, 6.07) is 0. The zero-order valence-corrected chi connectivity index (χ0v) is 7.42. The number of rotatable bonds is 3. The molecule has 1 saturated carbocycles. The monoisotopic (exact) mass is 182 g/mol. The van der Waals surface area contributed by atoms with E-state index in [2.05, 4.69) is 10.3 Å². The zero-order valence-electron chi connectivity index (χ0n) is 6.60. The van der Waals surface area contributed by atoms with E-state index in [1.165, 1.54) is 12.8 Å². The lowest BCUT2D eigenvalue weighted by Crippen LogP contribution is -2.09. The van der Waals surface area contributed by atoms with Gasteiger partial charge >= 0.3 is 0 Å². The fraction of sp³-hybridized carbons (Fsp3) is 0.571. The Morgan fingerprint density at radius 2 is 2.50 bits per heavy atom. The van der Waals surface area contributed by atoms with Crippen LogP contribution in [-0.4, -0.2) is 20.0 Å². The van der Waals surface area contributed by atoms with Crippen molar-refractivity contribution in [1.82, 2.24) is 15.0 Å². The second-order valence-electron chi connectivity index (χ2n) is 3.13. The van der Waals surface area contributed by atoms with Gasteiger partial charge in [0, 0.05) is 6.54 Å². The van der Waals surface area contributed by atoms with Crippen molar-refractivity contribution in [1.29, 1.82) is 0 Å². The molecule has 4 nitrogen and oxygen atoms in total. The van der Waals surface area contributed by atoms with Gasteiger partial charge in [0.1, 0.15) is 10.7 Å². The molecule has 64 valence electrons. The summed E-state index contributed by atoms with van der Waals surface area (Å²) >= 11 is 4.77. The molecule has 0 aliphatic heterocycles. The normalized spacial score (nSPS) is 16.3. The van der Waals surface area contributed by atoms with Gasteiger partial charge < -0.3 is 5.73 Å². The average molecular weight is 182 g/mol. The maximum atomic E-state index is 5.39. The summed E-state index contributed by atoms with van der Waals surface area (Å²) in [5, 5.41) is 7.76. The topological polar surface area (TPSA) is 56.7 Å². The summed E-state index contributed by atoms with van der Waals surface area (Å²) in [4.78, 5) is 0.317. The molecular weight excluding hydrogens is 172 g/mol. The first kappa shape index (κ1) is 7.67. The van der Waals surface area contributed by atoms with E-state index >= 15 is 0 Å².